The molecule has 4 heterocycles. The number of nitrogens with one attached hydrogen (secondary N) is 1. The van der Waals surface area contributed by atoms with E-state index in [1.54, 1.807) is 30.6 Å². The summed E-state index contributed by atoms with van der Waals surface area (Å²) in [7, 11) is 0. The van der Waals surface area contributed by atoms with Crippen molar-refractivity contribution in [1.29, 1.82) is 0 Å². The lowest BCUT2D eigenvalue weighted by Crippen LogP contribution is -2.36. The largest absolute Gasteiger partial charge is 0.423 e. The second-order valence-electron chi connectivity index (χ2n) is 7.88. The Morgan fingerprint density at radius 2 is 1.88 bits per heavy atom. The van der Waals surface area contributed by atoms with Crippen LogP contribution >= 0.6 is 0 Å². The second-order valence-corrected chi connectivity index (χ2v) is 7.88. The standard InChI is InChI=1S/C23H18F2N6O3/c1-22(24,25)14-5-7-26-17(11-14)23(33)15-3-2-13(10-16(15)34-21(23)32)4-6-28-19-18-20(31-12-30-19)29-9-8-27-18/h2-3,5,7-12,33H,4,6H2,1H3,(H,28,29,30,31). The normalized spacial score (nSPS) is 17.5. The average Bonchev–Trinajstić information content (AvgIpc) is 3.09. The van der Waals surface area contributed by atoms with Crippen molar-refractivity contribution in [2.24, 2.45) is 0 Å². The fourth-order valence-electron chi connectivity index (χ4n) is 3.78. The van der Waals surface area contributed by atoms with Gasteiger partial charge in [0.25, 0.3) is 5.92 Å². The van der Waals surface area contributed by atoms with Crippen LogP contribution in [-0.2, 0) is 22.7 Å². The predicted octanol–water partition coefficient (Wildman–Crippen LogP) is 2.74. The minimum Gasteiger partial charge on any atom is -0.423 e. The van der Waals surface area contributed by atoms with E-state index in [-0.39, 0.29) is 22.6 Å². The summed E-state index contributed by atoms with van der Waals surface area (Å²) in [4.78, 5) is 33.2. The Labute approximate surface area is 191 Å². The summed E-state index contributed by atoms with van der Waals surface area (Å²) >= 11 is 0. The van der Waals surface area contributed by atoms with Gasteiger partial charge in [-0.3, -0.25) is 4.98 Å². The maximum atomic E-state index is 13.8. The number of anilines is 1. The van der Waals surface area contributed by atoms with Gasteiger partial charge in [-0.2, -0.15) is 0 Å². The third-order valence-corrected chi connectivity index (χ3v) is 5.55. The monoisotopic (exact) mass is 464 g/mol. The Kier molecular flexibility index (Phi) is 5.13. The van der Waals surface area contributed by atoms with Gasteiger partial charge < -0.3 is 15.2 Å². The number of ether oxygens (including phenoxy) is 1. The molecule has 11 heteroatoms. The zero-order chi connectivity index (χ0) is 23.9. The van der Waals surface area contributed by atoms with Gasteiger partial charge in [0, 0.05) is 43.2 Å². The highest BCUT2D eigenvalue weighted by atomic mass is 19.3. The summed E-state index contributed by atoms with van der Waals surface area (Å²) in [5, 5.41) is 14.4. The molecule has 1 aliphatic rings. The third kappa shape index (κ3) is 3.69. The molecule has 1 atom stereocenters. The van der Waals surface area contributed by atoms with Crippen molar-refractivity contribution in [3.8, 4) is 5.75 Å². The lowest BCUT2D eigenvalue weighted by Gasteiger charge is -2.20. The molecule has 5 rings (SSSR count). The maximum absolute atomic E-state index is 13.8. The van der Waals surface area contributed by atoms with Gasteiger partial charge in [-0.1, -0.05) is 12.1 Å². The molecule has 0 aliphatic carbocycles. The summed E-state index contributed by atoms with van der Waals surface area (Å²) in [6, 6.07) is 7.05. The van der Waals surface area contributed by atoms with Crippen molar-refractivity contribution in [1.82, 2.24) is 24.9 Å². The lowest BCUT2D eigenvalue weighted by molar-refractivity contribution is -0.148. The Morgan fingerprint density at radius 1 is 1.06 bits per heavy atom. The van der Waals surface area contributed by atoms with Crippen LogP contribution in [0.15, 0.2) is 55.2 Å². The molecule has 1 aromatic carbocycles. The number of hydrogen-bond acceptors (Lipinski definition) is 9. The van der Waals surface area contributed by atoms with Crippen molar-refractivity contribution < 1.29 is 23.4 Å². The molecule has 0 amide bonds. The molecule has 1 aliphatic heterocycles. The van der Waals surface area contributed by atoms with E-state index < -0.39 is 17.5 Å². The van der Waals surface area contributed by atoms with Gasteiger partial charge in [-0.05, 0) is 30.2 Å². The van der Waals surface area contributed by atoms with Gasteiger partial charge in [-0.25, -0.2) is 33.5 Å². The zero-order valence-corrected chi connectivity index (χ0v) is 17.9. The molecule has 1 unspecified atom stereocenters. The van der Waals surface area contributed by atoms with Crippen LogP contribution in [0, 0.1) is 0 Å². The summed E-state index contributed by atoms with van der Waals surface area (Å²) in [5.74, 6) is -3.46. The van der Waals surface area contributed by atoms with Crippen LogP contribution in [0.4, 0.5) is 14.6 Å². The molecule has 0 saturated carbocycles. The van der Waals surface area contributed by atoms with E-state index in [0.717, 1.165) is 30.8 Å². The van der Waals surface area contributed by atoms with E-state index in [1.165, 1.54) is 6.33 Å². The fraction of sp³-hybridized carbons (Fsp3) is 0.217. The zero-order valence-electron chi connectivity index (χ0n) is 17.9. The molecule has 0 saturated heterocycles. The first-order chi connectivity index (χ1) is 16.3. The van der Waals surface area contributed by atoms with E-state index in [1.807, 2.05) is 0 Å². The SMILES string of the molecule is CC(F)(F)c1ccnc(C2(O)C(=O)Oc3cc(CCNc4ncnc5nccnc45)ccc32)c1. The van der Waals surface area contributed by atoms with Crippen molar-refractivity contribution in [3.63, 3.8) is 0 Å². The highest BCUT2D eigenvalue weighted by molar-refractivity contribution is 5.92. The number of pyridine rings is 1. The van der Waals surface area contributed by atoms with Crippen LogP contribution in [0.1, 0.15) is 29.3 Å². The van der Waals surface area contributed by atoms with E-state index in [9.17, 15) is 18.7 Å². The molecular formula is C23H18F2N6O3. The number of esters is 1. The number of carbonyl (C=O) groups excluding carboxylic acids is 1. The molecule has 0 bridgehead atoms. The molecule has 34 heavy (non-hydrogen) atoms. The van der Waals surface area contributed by atoms with Crippen LogP contribution in [0.5, 0.6) is 5.75 Å². The lowest BCUT2D eigenvalue weighted by atomic mass is 9.89. The molecule has 172 valence electrons. The van der Waals surface area contributed by atoms with Crippen molar-refractivity contribution in [2.75, 3.05) is 11.9 Å². The number of nitrogens with zero attached hydrogens (tertiary/aromatic N) is 5. The fourth-order valence-corrected chi connectivity index (χ4v) is 3.78. The first kappa shape index (κ1) is 21.7. The van der Waals surface area contributed by atoms with E-state index in [0.29, 0.717) is 29.9 Å². The minimum atomic E-state index is -3.16. The summed E-state index contributed by atoms with van der Waals surface area (Å²) in [6.07, 6.45) is 6.16. The Hall–Kier alpha value is -4.12. The number of rotatable bonds is 6. The van der Waals surface area contributed by atoms with E-state index in [4.69, 9.17) is 4.74 Å². The predicted molar refractivity (Wildman–Crippen MR) is 116 cm³/mol. The second kappa shape index (κ2) is 8.03. The third-order valence-electron chi connectivity index (χ3n) is 5.55. The van der Waals surface area contributed by atoms with Crippen molar-refractivity contribution in [2.45, 2.75) is 24.9 Å². The van der Waals surface area contributed by atoms with Gasteiger partial charge >= 0.3 is 5.97 Å². The molecule has 2 N–H and O–H groups in total. The smallest absolute Gasteiger partial charge is 0.354 e. The van der Waals surface area contributed by atoms with E-state index in [2.05, 4.69) is 30.2 Å². The first-order valence-electron chi connectivity index (χ1n) is 10.4. The topological polar surface area (TPSA) is 123 Å². The summed E-state index contributed by atoms with van der Waals surface area (Å²) in [5.41, 5.74) is -0.873. The van der Waals surface area contributed by atoms with Gasteiger partial charge in [0.1, 0.15) is 17.6 Å². The Morgan fingerprint density at radius 3 is 2.71 bits per heavy atom. The number of aliphatic hydroxyl groups is 1. The molecular weight excluding hydrogens is 446 g/mol. The molecule has 0 spiro atoms. The van der Waals surface area contributed by atoms with Gasteiger partial charge in [0.2, 0.25) is 5.60 Å². The molecule has 9 nitrogen and oxygen atoms in total. The minimum absolute atomic E-state index is 0.148. The quantitative estimate of drug-likeness (QED) is 0.327. The highest BCUT2D eigenvalue weighted by Crippen LogP contribution is 2.43. The van der Waals surface area contributed by atoms with Gasteiger partial charge in [0.15, 0.2) is 11.5 Å². The maximum Gasteiger partial charge on any atom is 0.354 e. The number of benzene rings is 1. The highest BCUT2D eigenvalue weighted by Gasteiger charge is 2.51. The number of fused-ring (bicyclic) bond motifs is 2. The van der Waals surface area contributed by atoms with Crippen molar-refractivity contribution in [3.05, 3.63) is 77.6 Å². The Balaban J connectivity index is 1.37. The summed E-state index contributed by atoms with van der Waals surface area (Å²) in [6.45, 7) is 1.21. The number of carbonyl (C=O) groups is 1. The molecule has 0 fully saturated rings. The van der Waals surface area contributed by atoms with Gasteiger partial charge in [0.05, 0.1) is 5.69 Å². The number of hydrogen-bond donors (Lipinski definition) is 2. The summed E-state index contributed by atoms with van der Waals surface area (Å²) < 4.78 is 32.8. The van der Waals surface area contributed by atoms with Crippen LogP contribution in [-0.4, -0.2) is 42.5 Å². The van der Waals surface area contributed by atoms with Crippen LogP contribution in [0.2, 0.25) is 0 Å². The average molecular weight is 464 g/mol. The van der Waals surface area contributed by atoms with E-state index >= 15 is 0 Å². The van der Waals surface area contributed by atoms with Crippen LogP contribution in [0.3, 0.4) is 0 Å². The number of aromatic nitrogens is 5. The molecule has 3 aromatic heterocycles. The van der Waals surface area contributed by atoms with Crippen molar-refractivity contribution >= 4 is 23.0 Å². The number of alkyl halides is 2. The Bertz CT molecular complexity index is 1410. The molecule has 0 radical (unpaired) electrons. The first-order valence-corrected chi connectivity index (χ1v) is 10.4. The number of halogens is 2. The van der Waals surface area contributed by atoms with Crippen LogP contribution < -0.4 is 10.1 Å². The van der Waals surface area contributed by atoms with Gasteiger partial charge in [-0.15, -0.1) is 0 Å². The van der Waals surface area contributed by atoms with Crippen LogP contribution in [0.25, 0.3) is 11.2 Å². The molecule has 4 aromatic rings.